The zero-order valence-electron chi connectivity index (χ0n) is 5.84. The Balaban J connectivity index is 2.57. The van der Waals surface area contributed by atoms with Crippen molar-refractivity contribution in [1.29, 1.82) is 0 Å². The summed E-state index contributed by atoms with van der Waals surface area (Å²) in [6.07, 6.45) is 0.402. The van der Waals surface area contributed by atoms with Crippen LogP contribution in [0.1, 0.15) is 5.56 Å². The SMILES string of the molecule is NCC(=O)Cc1csc(Cl)c1. The molecule has 0 fully saturated rings. The maximum absolute atomic E-state index is 10.8. The van der Waals surface area contributed by atoms with Crippen molar-refractivity contribution in [2.75, 3.05) is 6.54 Å². The molecule has 0 aromatic carbocycles. The number of Topliss-reactive ketones (excluding diaryl/α,β-unsaturated/α-hetero) is 1. The van der Waals surface area contributed by atoms with Gasteiger partial charge in [-0.3, -0.25) is 4.79 Å². The number of carbonyl (C=O) groups excluding carboxylic acids is 1. The van der Waals surface area contributed by atoms with E-state index in [4.69, 9.17) is 17.3 Å². The third-order valence-corrected chi connectivity index (χ3v) is 2.39. The summed E-state index contributed by atoms with van der Waals surface area (Å²) in [5, 5.41) is 1.87. The van der Waals surface area contributed by atoms with Crippen molar-refractivity contribution in [3.8, 4) is 0 Å². The van der Waals surface area contributed by atoms with Crippen LogP contribution < -0.4 is 5.73 Å². The van der Waals surface area contributed by atoms with Crippen LogP contribution in [0, 0.1) is 0 Å². The predicted molar refractivity (Wildman–Crippen MR) is 47.1 cm³/mol. The highest BCUT2D eigenvalue weighted by atomic mass is 35.5. The number of nitrogens with two attached hydrogens (primary N) is 1. The summed E-state index contributed by atoms with van der Waals surface area (Å²) in [7, 11) is 0. The molecule has 0 aliphatic heterocycles. The van der Waals surface area contributed by atoms with E-state index in [2.05, 4.69) is 0 Å². The first-order valence-electron chi connectivity index (χ1n) is 3.17. The highest BCUT2D eigenvalue weighted by Gasteiger charge is 2.02. The van der Waals surface area contributed by atoms with E-state index in [0.717, 1.165) is 5.56 Å². The fourth-order valence-corrected chi connectivity index (χ4v) is 1.65. The molecule has 1 rings (SSSR count). The molecular formula is C7H8ClNOS. The van der Waals surface area contributed by atoms with E-state index in [1.54, 1.807) is 6.07 Å². The van der Waals surface area contributed by atoms with Crippen molar-refractivity contribution in [2.24, 2.45) is 5.73 Å². The quantitative estimate of drug-likeness (QED) is 0.783. The van der Waals surface area contributed by atoms with Crippen molar-refractivity contribution < 1.29 is 4.79 Å². The van der Waals surface area contributed by atoms with E-state index in [-0.39, 0.29) is 12.3 Å². The summed E-state index contributed by atoms with van der Waals surface area (Å²) in [6.45, 7) is 0.105. The standard InChI is InChI=1S/C7H8ClNOS/c8-7-2-5(4-11-7)1-6(10)3-9/h2,4H,1,3,9H2. The van der Waals surface area contributed by atoms with Crippen LogP contribution in [0.5, 0.6) is 0 Å². The Morgan fingerprint density at radius 1 is 1.73 bits per heavy atom. The molecule has 0 radical (unpaired) electrons. The van der Waals surface area contributed by atoms with Crippen molar-refractivity contribution >= 4 is 28.7 Å². The lowest BCUT2D eigenvalue weighted by Crippen LogP contribution is -2.15. The topological polar surface area (TPSA) is 43.1 Å². The van der Waals surface area contributed by atoms with Gasteiger partial charge < -0.3 is 5.73 Å². The van der Waals surface area contributed by atoms with Gasteiger partial charge in [-0.1, -0.05) is 11.6 Å². The van der Waals surface area contributed by atoms with Gasteiger partial charge in [0.15, 0.2) is 5.78 Å². The van der Waals surface area contributed by atoms with Gasteiger partial charge in [0.1, 0.15) is 0 Å². The molecule has 0 aliphatic rings. The molecule has 0 amide bonds. The minimum atomic E-state index is 0.0412. The number of ketones is 1. The molecule has 0 saturated heterocycles. The molecule has 0 saturated carbocycles. The van der Waals surface area contributed by atoms with E-state index in [9.17, 15) is 4.79 Å². The number of hydrogen-bond acceptors (Lipinski definition) is 3. The molecule has 0 bridgehead atoms. The van der Waals surface area contributed by atoms with E-state index in [1.165, 1.54) is 11.3 Å². The summed E-state index contributed by atoms with van der Waals surface area (Å²) in [6, 6.07) is 1.79. The fourth-order valence-electron chi connectivity index (χ4n) is 0.738. The third kappa shape index (κ3) is 2.61. The van der Waals surface area contributed by atoms with Crippen LogP contribution in [0.25, 0.3) is 0 Å². The molecule has 0 spiro atoms. The van der Waals surface area contributed by atoms with Crippen molar-refractivity contribution in [1.82, 2.24) is 0 Å². The van der Waals surface area contributed by atoms with Crippen LogP contribution in [-0.4, -0.2) is 12.3 Å². The van der Waals surface area contributed by atoms with Crippen LogP contribution in [-0.2, 0) is 11.2 Å². The van der Waals surface area contributed by atoms with Gasteiger partial charge in [-0.2, -0.15) is 0 Å². The smallest absolute Gasteiger partial charge is 0.150 e. The molecular weight excluding hydrogens is 182 g/mol. The third-order valence-electron chi connectivity index (χ3n) is 1.25. The highest BCUT2D eigenvalue weighted by Crippen LogP contribution is 2.20. The van der Waals surface area contributed by atoms with E-state index in [1.807, 2.05) is 5.38 Å². The molecule has 1 aromatic heterocycles. The second kappa shape index (κ2) is 3.85. The maximum Gasteiger partial charge on any atom is 0.150 e. The normalized spacial score (nSPS) is 10.0. The average Bonchev–Trinajstić information content (AvgIpc) is 2.35. The van der Waals surface area contributed by atoms with Gasteiger partial charge in [0, 0.05) is 6.42 Å². The zero-order chi connectivity index (χ0) is 8.27. The van der Waals surface area contributed by atoms with E-state index < -0.39 is 0 Å². The lowest BCUT2D eigenvalue weighted by atomic mass is 10.2. The Morgan fingerprint density at radius 2 is 2.45 bits per heavy atom. The van der Waals surface area contributed by atoms with Gasteiger partial charge in [0.25, 0.3) is 0 Å². The number of thiophene rings is 1. The van der Waals surface area contributed by atoms with Gasteiger partial charge in [0.2, 0.25) is 0 Å². The van der Waals surface area contributed by atoms with Gasteiger partial charge in [0.05, 0.1) is 10.9 Å². The summed E-state index contributed by atoms with van der Waals surface area (Å²) in [4.78, 5) is 10.8. The Hall–Kier alpha value is -0.380. The monoisotopic (exact) mass is 189 g/mol. The van der Waals surface area contributed by atoms with E-state index >= 15 is 0 Å². The van der Waals surface area contributed by atoms with Crippen molar-refractivity contribution in [2.45, 2.75) is 6.42 Å². The van der Waals surface area contributed by atoms with Gasteiger partial charge in [-0.15, -0.1) is 11.3 Å². The second-order valence-electron chi connectivity index (χ2n) is 2.18. The first-order chi connectivity index (χ1) is 5.22. The first kappa shape index (κ1) is 8.71. The van der Waals surface area contributed by atoms with Gasteiger partial charge in [-0.25, -0.2) is 0 Å². The van der Waals surface area contributed by atoms with Crippen LogP contribution in [0.15, 0.2) is 11.4 Å². The first-order valence-corrected chi connectivity index (χ1v) is 4.43. The summed E-state index contributed by atoms with van der Waals surface area (Å²) < 4.78 is 0.713. The molecule has 11 heavy (non-hydrogen) atoms. The lowest BCUT2D eigenvalue weighted by molar-refractivity contribution is -0.117. The number of halogens is 1. The summed E-state index contributed by atoms with van der Waals surface area (Å²) >= 11 is 7.09. The van der Waals surface area contributed by atoms with Crippen LogP contribution in [0.3, 0.4) is 0 Å². The molecule has 1 heterocycles. The number of hydrogen-bond donors (Lipinski definition) is 1. The van der Waals surface area contributed by atoms with Gasteiger partial charge in [-0.05, 0) is 17.0 Å². The Labute approximate surface area is 74.0 Å². The van der Waals surface area contributed by atoms with Gasteiger partial charge >= 0.3 is 0 Å². The molecule has 2 nitrogen and oxygen atoms in total. The molecule has 0 aliphatic carbocycles. The van der Waals surface area contributed by atoms with Crippen LogP contribution >= 0.6 is 22.9 Å². The van der Waals surface area contributed by atoms with Crippen molar-refractivity contribution in [3.63, 3.8) is 0 Å². The number of carbonyl (C=O) groups is 1. The fraction of sp³-hybridized carbons (Fsp3) is 0.286. The average molecular weight is 190 g/mol. The zero-order valence-corrected chi connectivity index (χ0v) is 7.41. The molecule has 0 unspecified atom stereocenters. The largest absolute Gasteiger partial charge is 0.324 e. The Morgan fingerprint density at radius 3 is 2.91 bits per heavy atom. The molecule has 2 N–H and O–H groups in total. The molecule has 1 aromatic rings. The predicted octanol–water partition coefficient (Wildman–Crippen LogP) is 1.47. The second-order valence-corrected chi connectivity index (χ2v) is 3.72. The van der Waals surface area contributed by atoms with Crippen molar-refractivity contribution in [3.05, 3.63) is 21.3 Å². The van der Waals surface area contributed by atoms with Crippen LogP contribution in [0.2, 0.25) is 4.34 Å². The molecule has 4 heteroatoms. The minimum absolute atomic E-state index is 0.0412. The maximum atomic E-state index is 10.8. The highest BCUT2D eigenvalue weighted by molar-refractivity contribution is 7.14. The Bertz CT molecular complexity index is 259. The molecule has 0 atom stereocenters. The Kier molecular flexibility index (Phi) is 3.05. The summed E-state index contributed by atoms with van der Waals surface area (Å²) in [5.74, 6) is 0.0412. The molecule has 60 valence electrons. The van der Waals surface area contributed by atoms with Crippen LogP contribution in [0.4, 0.5) is 0 Å². The lowest BCUT2D eigenvalue weighted by Gasteiger charge is -1.91. The minimum Gasteiger partial charge on any atom is -0.324 e. The summed E-state index contributed by atoms with van der Waals surface area (Å²) in [5.41, 5.74) is 6.10. The van der Waals surface area contributed by atoms with E-state index in [0.29, 0.717) is 10.8 Å². The number of rotatable bonds is 3.